The van der Waals surface area contributed by atoms with Gasteiger partial charge in [-0.05, 0) is 24.3 Å². The minimum Gasteiger partial charge on any atom is -0.337 e. The van der Waals surface area contributed by atoms with Gasteiger partial charge in [-0.3, -0.25) is 9.97 Å². The van der Waals surface area contributed by atoms with Gasteiger partial charge in [0.1, 0.15) is 11.7 Å². The van der Waals surface area contributed by atoms with E-state index < -0.39 is 0 Å². The van der Waals surface area contributed by atoms with Crippen molar-refractivity contribution >= 4 is 0 Å². The van der Waals surface area contributed by atoms with E-state index in [1.807, 2.05) is 54.2 Å². The maximum absolute atomic E-state index is 4.46. The molecule has 0 aliphatic carbocycles. The third-order valence-corrected chi connectivity index (χ3v) is 3.08. The lowest BCUT2D eigenvalue weighted by atomic mass is 9.99. The van der Waals surface area contributed by atoms with Crippen molar-refractivity contribution in [2.24, 2.45) is 7.05 Å². The second-order valence-corrected chi connectivity index (χ2v) is 4.34. The first-order chi connectivity index (χ1) is 9.36. The molecule has 0 aliphatic rings. The second kappa shape index (κ2) is 5.02. The van der Waals surface area contributed by atoms with Crippen molar-refractivity contribution in [3.63, 3.8) is 0 Å². The maximum atomic E-state index is 4.46. The number of imidazole rings is 1. The lowest BCUT2D eigenvalue weighted by molar-refractivity contribution is 0.733. The molecule has 4 nitrogen and oxygen atoms in total. The molecular weight excluding hydrogens is 236 g/mol. The lowest BCUT2D eigenvalue weighted by Gasteiger charge is -2.15. The van der Waals surface area contributed by atoms with Gasteiger partial charge in [-0.25, -0.2) is 4.98 Å². The van der Waals surface area contributed by atoms with E-state index in [-0.39, 0.29) is 5.92 Å². The van der Waals surface area contributed by atoms with Crippen LogP contribution in [0.3, 0.4) is 0 Å². The Morgan fingerprint density at radius 1 is 0.842 bits per heavy atom. The number of nitrogens with zero attached hydrogens (tertiary/aromatic N) is 4. The Kier molecular flexibility index (Phi) is 3.06. The van der Waals surface area contributed by atoms with Crippen LogP contribution in [0.15, 0.2) is 61.2 Å². The molecule has 0 aliphatic heterocycles. The Bertz CT molecular complexity index is 607. The Hall–Kier alpha value is -2.49. The largest absolute Gasteiger partial charge is 0.337 e. The molecule has 0 spiro atoms. The third-order valence-electron chi connectivity index (χ3n) is 3.08. The Labute approximate surface area is 111 Å². The van der Waals surface area contributed by atoms with Crippen molar-refractivity contribution in [1.82, 2.24) is 19.5 Å². The van der Waals surface area contributed by atoms with Crippen molar-refractivity contribution in [1.29, 1.82) is 0 Å². The van der Waals surface area contributed by atoms with Crippen molar-refractivity contribution in [2.75, 3.05) is 0 Å². The molecule has 3 aromatic heterocycles. The summed E-state index contributed by atoms with van der Waals surface area (Å²) in [6.45, 7) is 0. The lowest BCUT2D eigenvalue weighted by Crippen LogP contribution is -2.12. The zero-order valence-electron chi connectivity index (χ0n) is 10.6. The van der Waals surface area contributed by atoms with E-state index in [1.54, 1.807) is 18.6 Å². The highest BCUT2D eigenvalue weighted by molar-refractivity contribution is 5.30. The Balaban J connectivity index is 2.15. The molecule has 0 bridgehead atoms. The highest BCUT2D eigenvalue weighted by Gasteiger charge is 2.22. The van der Waals surface area contributed by atoms with Crippen LogP contribution in [0.1, 0.15) is 23.1 Å². The molecule has 0 atom stereocenters. The summed E-state index contributed by atoms with van der Waals surface area (Å²) in [5, 5.41) is 0. The van der Waals surface area contributed by atoms with Gasteiger partial charge in [0.15, 0.2) is 0 Å². The molecule has 94 valence electrons. The minimum atomic E-state index is -0.0394. The number of rotatable bonds is 3. The maximum Gasteiger partial charge on any atom is 0.123 e. The number of hydrogen-bond acceptors (Lipinski definition) is 3. The molecule has 19 heavy (non-hydrogen) atoms. The van der Waals surface area contributed by atoms with E-state index >= 15 is 0 Å². The summed E-state index contributed by atoms with van der Waals surface area (Å²) in [6.07, 6.45) is 7.34. The third kappa shape index (κ3) is 2.25. The molecule has 0 unspecified atom stereocenters. The highest BCUT2D eigenvalue weighted by Crippen LogP contribution is 2.27. The van der Waals surface area contributed by atoms with Crippen LogP contribution in [0.2, 0.25) is 0 Å². The van der Waals surface area contributed by atoms with E-state index in [0.717, 1.165) is 17.2 Å². The van der Waals surface area contributed by atoms with Crippen LogP contribution in [-0.4, -0.2) is 19.5 Å². The molecule has 0 saturated carbocycles. The van der Waals surface area contributed by atoms with Gasteiger partial charge in [-0.15, -0.1) is 0 Å². The first kappa shape index (κ1) is 11.6. The molecule has 4 heteroatoms. The molecule has 3 rings (SSSR count). The number of hydrogen-bond donors (Lipinski definition) is 0. The summed E-state index contributed by atoms with van der Waals surface area (Å²) in [5.74, 6) is 0.903. The van der Waals surface area contributed by atoms with Crippen LogP contribution in [0.4, 0.5) is 0 Å². The number of aryl methyl sites for hydroxylation is 1. The van der Waals surface area contributed by atoms with Gasteiger partial charge in [0.25, 0.3) is 0 Å². The predicted octanol–water partition coefficient (Wildman–Crippen LogP) is 2.39. The molecule has 3 aromatic rings. The molecule has 3 heterocycles. The van der Waals surface area contributed by atoms with Gasteiger partial charge >= 0.3 is 0 Å². The van der Waals surface area contributed by atoms with Gasteiger partial charge in [0.2, 0.25) is 0 Å². The van der Waals surface area contributed by atoms with Crippen LogP contribution >= 0.6 is 0 Å². The summed E-state index contributed by atoms with van der Waals surface area (Å²) in [7, 11) is 1.99. The van der Waals surface area contributed by atoms with Crippen LogP contribution in [0, 0.1) is 0 Å². The normalized spacial score (nSPS) is 10.8. The summed E-state index contributed by atoms with van der Waals surface area (Å²) in [6, 6.07) is 11.8. The van der Waals surface area contributed by atoms with Gasteiger partial charge in [-0.1, -0.05) is 12.1 Å². The van der Waals surface area contributed by atoms with E-state index in [4.69, 9.17) is 0 Å². The average Bonchev–Trinajstić information content (AvgIpc) is 2.88. The molecule has 0 radical (unpaired) electrons. The first-order valence-electron chi connectivity index (χ1n) is 6.15. The SMILES string of the molecule is Cn1ccnc1C(c1ccccn1)c1ccccn1. The minimum absolute atomic E-state index is 0.0394. The average molecular weight is 250 g/mol. The fraction of sp³-hybridized carbons (Fsp3) is 0.133. The van der Waals surface area contributed by atoms with Crippen molar-refractivity contribution < 1.29 is 0 Å². The molecular formula is C15H14N4. The Morgan fingerprint density at radius 3 is 1.89 bits per heavy atom. The van der Waals surface area contributed by atoms with E-state index in [0.29, 0.717) is 0 Å². The van der Waals surface area contributed by atoms with Crippen LogP contribution in [0.25, 0.3) is 0 Å². The van der Waals surface area contributed by atoms with Crippen molar-refractivity contribution in [3.05, 3.63) is 78.4 Å². The van der Waals surface area contributed by atoms with E-state index in [9.17, 15) is 0 Å². The van der Waals surface area contributed by atoms with Crippen molar-refractivity contribution in [3.8, 4) is 0 Å². The van der Waals surface area contributed by atoms with E-state index in [1.165, 1.54) is 0 Å². The van der Waals surface area contributed by atoms with E-state index in [2.05, 4.69) is 15.0 Å². The zero-order chi connectivity index (χ0) is 13.1. The quantitative estimate of drug-likeness (QED) is 0.717. The molecule has 0 N–H and O–H groups in total. The molecule has 0 amide bonds. The highest BCUT2D eigenvalue weighted by atomic mass is 15.0. The van der Waals surface area contributed by atoms with Crippen molar-refractivity contribution in [2.45, 2.75) is 5.92 Å². The monoisotopic (exact) mass is 250 g/mol. The molecule has 0 saturated heterocycles. The number of pyridine rings is 2. The fourth-order valence-electron chi connectivity index (χ4n) is 2.16. The fourth-order valence-corrected chi connectivity index (χ4v) is 2.16. The predicted molar refractivity (Wildman–Crippen MR) is 72.6 cm³/mol. The van der Waals surface area contributed by atoms with Gasteiger partial charge in [-0.2, -0.15) is 0 Å². The van der Waals surface area contributed by atoms with Crippen LogP contribution < -0.4 is 0 Å². The van der Waals surface area contributed by atoms with Crippen LogP contribution in [0.5, 0.6) is 0 Å². The first-order valence-corrected chi connectivity index (χ1v) is 6.15. The smallest absolute Gasteiger partial charge is 0.123 e. The molecule has 0 aromatic carbocycles. The van der Waals surface area contributed by atoms with Crippen LogP contribution in [-0.2, 0) is 7.05 Å². The van der Waals surface area contributed by atoms with Gasteiger partial charge in [0, 0.05) is 31.8 Å². The number of aromatic nitrogens is 4. The second-order valence-electron chi connectivity index (χ2n) is 4.34. The van der Waals surface area contributed by atoms with Gasteiger partial charge < -0.3 is 4.57 Å². The summed E-state index contributed by atoms with van der Waals surface area (Å²) >= 11 is 0. The zero-order valence-corrected chi connectivity index (χ0v) is 10.6. The summed E-state index contributed by atoms with van der Waals surface area (Å²) in [5.41, 5.74) is 1.91. The summed E-state index contributed by atoms with van der Waals surface area (Å²) in [4.78, 5) is 13.4. The molecule has 0 fully saturated rings. The van der Waals surface area contributed by atoms with Gasteiger partial charge in [0.05, 0.1) is 11.4 Å². The summed E-state index contributed by atoms with van der Waals surface area (Å²) < 4.78 is 2.01. The Morgan fingerprint density at radius 2 is 1.47 bits per heavy atom. The topological polar surface area (TPSA) is 43.6 Å². The standard InChI is InChI=1S/C15H14N4/c1-19-11-10-18-15(19)14(12-6-2-4-8-16-12)13-7-3-5-9-17-13/h2-11,14H,1H3.